The Hall–Kier alpha value is -2.82. The summed E-state index contributed by atoms with van der Waals surface area (Å²) >= 11 is 0. The van der Waals surface area contributed by atoms with Gasteiger partial charge >= 0.3 is 6.03 Å². The van der Waals surface area contributed by atoms with Gasteiger partial charge in [0.25, 0.3) is 5.91 Å². The van der Waals surface area contributed by atoms with Crippen molar-refractivity contribution in [2.75, 3.05) is 18.0 Å². The molecule has 5 heteroatoms. The highest BCUT2D eigenvalue weighted by atomic mass is 16.2. The van der Waals surface area contributed by atoms with Crippen LogP contribution in [0.1, 0.15) is 36.2 Å². The molecule has 3 amide bonds. The number of amides is 3. The van der Waals surface area contributed by atoms with E-state index in [1.807, 2.05) is 61.2 Å². The fourth-order valence-electron chi connectivity index (χ4n) is 3.11. The minimum Gasteiger partial charge on any atom is -0.350 e. The molecule has 1 fully saturated rings. The molecule has 26 heavy (non-hydrogen) atoms. The molecule has 0 atom stereocenters. The van der Waals surface area contributed by atoms with Crippen LogP contribution in [-0.2, 0) is 6.54 Å². The zero-order valence-electron chi connectivity index (χ0n) is 15.3. The van der Waals surface area contributed by atoms with E-state index in [1.165, 1.54) is 0 Å². The molecule has 0 bridgehead atoms. The second-order valence-corrected chi connectivity index (χ2v) is 6.87. The molecule has 2 aromatic rings. The smallest absolute Gasteiger partial charge is 0.324 e. The van der Waals surface area contributed by atoms with Crippen molar-refractivity contribution in [3.05, 3.63) is 65.7 Å². The second kappa shape index (κ2) is 8.04. The lowest BCUT2D eigenvalue weighted by Gasteiger charge is -2.35. The van der Waals surface area contributed by atoms with Crippen LogP contribution in [0.25, 0.3) is 0 Å². The molecular formula is C21H25N3O2. The number of anilines is 1. The second-order valence-electron chi connectivity index (χ2n) is 6.87. The molecule has 136 valence electrons. The summed E-state index contributed by atoms with van der Waals surface area (Å²) in [6.45, 7) is 5.94. The molecule has 0 radical (unpaired) electrons. The van der Waals surface area contributed by atoms with Gasteiger partial charge in [-0.3, -0.25) is 9.69 Å². The number of hydrogen-bond donors (Lipinski definition) is 1. The minimum absolute atomic E-state index is 0.0134. The number of rotatable bonds is 5. The topological polar surface area (TPSA) is 52.7 Å². The summed E-state index contributed by atoms with van der Waals surface area (Å²) in [5, 5.41) is 2.87. The van der Waals surface area contributed by atoms with Gasteiger partial charge in [0.15, 0.2) is 0 Å². The highest BCUT2D eigenvalue weighted by Gasteiger charge is 2.26. The summed E-state index contributed by atoms with van der Waals surface area (Å²) in [7, 11) is 0. The average Bonchev–Trinajstić information content (AvgIpc) is 2.64. The monoisotopic (exact) mass is 351 g/mol. The fraction of sp³-hybridized carbons (Fsp3) is 0.333. The first-order valence-electron chi connectivity index (χ1n) is 9.06. The maximum Gasteiger partial charge on any atom is 0.324 e. The van der Waals surface area contributed by atoms with Crippen LogP contribution >= 0.6 is 0 Å². The van der Waals surface area contributed by atoms with Gasteiger partial charge in [0.05, 0.1) is 0 Å². The summed E-state index contributed by atoms with van der Waals surface area (Å²) in [5.74, 6) is -0.0952. The van der Waals surface area contributed by atoms with Gasteiger partial charge in [-0.05, 0) is 50.1 Å². The Kier molecular flexibility index (Phi) is 5.56. The molecule has 0 spiro atoms. The van der Waals surface area contributed by atoms with E-state index in [0.717, 1.165) is 24.2 Å². The molecular weight excluding hydrogens is 326 g/mol. The Morgan fingerprint density at radius 1 is 1.04 bits per heavy atom. The summed E-state index contributed by atoms with van der Waals surface area (Å²) in [6, 6.07) is 17.4. The number of benzene rings is 2. The van der Waals surface area contributed by atoms with Gasteiger partial charge in [0, 0.05) is 36.9 Å². The molecule has 1 N–H and O–H groups in total. The van der Waals surface area contributed by atoms with Crippen molar-refractivity contribution in [3.63, 3.8) is 0 Å². The summed E-state index contributed by atoms with van der Waals surface area (Å²) in [5.41, 5.74) is 2.56. The highest BCUT2D eigenvalue weighted by molar-refractivity contribution is 5.96. The minimum atomic E-state index is -0.0952. The fourth-order valence-corrected chi connectivity index (χ4v) is 3.11. The summed E-state index contributed by atoms with van der Waals surface area (Å²) in [6.07, 6.45) is 0.925. The van der Waals surface area contributed by atoms with Crippen molar-refractivity contribution in [1.29, 1.82) is 0 Å². The van der Waals surface area contributed by atoms with Gasteiger partial charge in [-0.25, -0.2) is 4.79 Å². The van der Waals surface area contributed by atoms with E-state index in [2.05, 4.69) is 5.32 Å². The van der Waals surface area contributed by atoms with Crippen molar-refractivity contribution >= 4 is 17.6 Å². The first kappa shape index (κ1) is 18.0. The molecule has 2 aromatic carbocycles. The molecule has 0 aromatic heterocycles. The van der Waals surface area contributed by atoms with Crippen molar-refractivity contribution in [1.82, 2.24) is 10.2 Å². The van der Waals surface area contributed by atoms with E-state index >= 15 is 0 Å². The number of carbonyl (C=O) groups excluding carboxylic acids is 2. The van der Waals surface area contributed by atoms with Crippen LogP contribution in [0.15, 0.2) is 54.6 Å². The Morgan fingerprint density at radius 3 is 2.38 bits per heavy atom. The van der Waals surface area contributed by atoms with E-state index in [0.29, 0.717) is 18.7 Å². The van der Waals surface area contributed by atoms with Gasteiger partial charge in [0.2, 0.25) is 0 Å². The van der Waals surface area contributed by atoms with Gasteiger partial charge in [-0.15, -0.1) is 0 Å². The third-order valence-corrected chi connectivity index (χ3v) is 4.39. The molecule has 1 saturated heterocycles. The van der Waals surface area contributed by atoms with E-state index in [1.54, 1.807) is 17.0 Å². The largest absolute Gasteiger partial charge is 0.350 e. The standard InChI is InChI=1S/C21H25N3O2/c1-16(2)22-20(25)18-9-11-19(12-10-18)24-14-6-13-23(21(24)26)15-17-7-4-3-5-8-17/h3-5,7-12,16H,6,13-15H2,1-2H3,(H,22,25). The zero-order valence-corrected chi connectivity index (χ0v) is 15.3. The number of nitrogens with one attached hydrogen (secondary N) is 1. The Morgan fingerprint density at radius 2 is 1.73 bits per heavy atom. The van der Waals surface area contributed by atoms with Crippen LogP contribution in [0.2, 0.25) is 0 Å². The lowest BCUT2D eigenvalue weighted by molar-refractivity contribution is 0.0943. The maximum atomic E-state index is 12.9. The van der Waals surface area contributed by atoms with Crippen LogP contribution < -0.4 is 10.2 Å². The zero-order chi connectivity index (χ0) is 18.5. The lowest BCUT2D eigenvalue weighted by Crippen LogP contribution is -2.49. The Balaban J connectivity index is 1.70. The van der Waals surface area contributed by atoms with Gasteiger partial charge in [0.1, 0.15) is 0 Å². The van der Waals surface area contributed by atoms with E-state index in [-0.39, 0.29) is 18.0 Å². The number of carbonyl (C=O) groups is 2. The normalized spacial score (nSPS) is 14.7. The van der Waals surface area contributed by atoms with Crippen LogP contribution in [0.4, 0.5) is 10.5 Å². The molecule has 0 saturated carbocycles. The predicted molar refractivity (Wildman–Crippen MR) is 103 cm³/mol. The van der Waals surface area contributed by atoms with E-state index in [4.69, 9.17) is 0 Å². The molecule has 1 aliphatic rings. The quantitative estimate of drug-likeness (QED) is 0.894. The third-order valence-electron chi connectivity index (χ3n) is 4.39. The van der Waals surface area contributed by atoms with Crippen LogP contribution in [0.3, 0.4) is 0 Å². The summed E-state index contributed by atoms with van der Waals surface area (Å²) < 4.78 is 0. The van der Waals surface area contributed by atoms with Crippen molar-refractivity contribution in [2.24, 2.45) is 0 Å². The van der Waals surface area contributed by atoms with Crippen LogP contribution in [0, 0.1) is 0 Å². The molecule has 3 rings (SSSR count). The number of urea groups is 1. The van der Waals surface area contributed by atoms with Gasteiger partial charge in [-0.1, -0.05) is 30.3 Å². The van der Waals surface area contributed by atoms with E-state index in [9.17, 15) is 9.59 Å². The Bertz CT molecular complexity index is 757. The van der Waals surface area contributed by atoms with Crippen molar-refractivity contribution in [2.45, 2.75) is 32.9 Å². The number of hydrogen-bond acceptors (Lipinski definition) is 2. The SMILES string of the molecule is CC(C)NC(=O)c1ccc(N2CCCN(Cc3ccccc3)C2=O)cc1. The van der Waals surface area contributed by atoms with Gasteiger partial charge < -0.3 is 10.2 Å². The molecule has 1 aliphatic heterocycles. The first-order valence-corrected chi connectivity index (χ1v) is 9.06. The molecule has 0 unspecified atom stereocenters. The summed E-state index contributed by atoms with van der Waals surface area (Å²) in [4.78, 5) is 28.6. The van der Waals surface area contributed by atoms with Crippen molar-refractivity contribution in [3.8, 4) is 0 Å². The maximum absolute atomic E-state index is 12.9. The third kappa shape index (κ3) is 4.23. The molecule has 1 heterocycles. The molecule has 0 aliphatic carbocycles. The van der Waals surface area contributed by atoms with Crippen molar-refractivity contribution < 1.29 is 9.59 Å². The van der Waals surface area contributed by atoms with E-state index < -0.39 is 0 Å². The highest BCUT2D eigenvalue weighted by Crippen LogP contribution is 2.22. The van der Waals surface area contributed by atoms with Crippen LogP contribution in [0.5, 0.6) is 0 Å². The first-order chi connectivity index (χ1) is 12.5. The number of nitrogens with zero attached hydrogens (tertiary/aromatic N) is 2. The molecule has 5 nitrogen and oxygen atoms in total. The van der Waals surface area contributed by atoms with Crippen LogP contribution in [-0.4, -0.2) is 36.0 Å². The van der Waals surface area contributed by atoms with Gasteiger partial charge in [-0.2, -0.15) is 0 Å². The Labute approximate surface area is 154 Å². The lowest BCUT2D eigenvalue weighted by atomic mass is 10.1. The predicted octanol–water partition coefficient (Wildman–Crippen LogP) is 3.66. The average molecular weight is 351 g/mol.